The molecule has 2 aromatic carbocycles. The zero-order chi connectivity index (χ0) is 35.9. The molecule has 2 atom stereocenters. The fourth-order valence-corrected chi connectivity index (χ4v) is 5.97. The van der Waals surface area contributed by atoms with Gasteiger partial charge in [-0.05, 0) is 25.0 Å². The van der Waals surface area contributed by atoms with Crippen molar-refractivity contribution in [3.8, 4) is 0 Å². The van der Waals surface area contributed by atoms with Crippen molar-refractivity contribution in [3.05, 3.63) is 82.9 Å². The molecule has 3 aromatic rings. The number of nitrogens with zero attached hydrogens (tertiary/aromatic N) is 3. The summed E-state index contributed by atoms with van der Waals surface area (Å²) in [5, 5.41) is 9.78. The van der Waals surface area contributed by atoms with E-state index in [0.29, 0.717) is 11.1 Å². The summed E-state index contributed by atoms with van der Waals surface area (Å²) in [6.07, 6.45) is -2.16. The van der Waals surface area contributed by atoms with Crippen LogP contribution in [0.2, 0.25) is 0 Å². The van der Waals surface area contributed by atoms with Crippen LogP contribution in [0, 0.1) is 0 Å². The van der Waals surface area contributed by atoms with Crippen LogP contribution < -0.4 is 16.4 Å². The van der Waals surface area contributed by atoms with E-state index < -0.39 is 82.1 Å². The maximum Gasteiger partial charge on any atom is 0.404 e. The first-order valence-corrected chi connectivity index (χ1v) is 16.9. The first-order valence-electron chi connectivity index (χ1n) is 14.0. The van der Waals surface area contributed by atoms with E-state index in [-0.39, 0.29) is 15.1 Å². The van der Waals surface area contributed by atoms with Gasteiger partial charge in [0.05, 0.1) is 0 Å². The minimum Gasteiger partial charge on any atom is -0.450 e. The Hall–Kier alpha value is -5.11. The van der Waals surface area contributed by atoms with E-state index in [2.05, 4.69) is 25.5 Å². The van der Waals surface area contributed by atoms with Crippen LogP contribution >= 0.6 is 22.9 Å². The van der Waals surface area contributed by atoms with Crippen LogP contribution in [0.1, 0.15) is 36.8 Å². The topological polar surface area (TPSA) is 246 Å². The zero-order valence-electron chi connectivity index (χ0n) is 25.6. The van der Waals surface area contributed by atoms with Gasteiger partial charge in [0.25, 0.3) is 11.8 Å². The first kappa shape index (κ1) is 36.7. The summed E-state index contributed by atoms with van der Waals surface area (Å²) in [7, 11) is -5.12. The fourth-order valence-electron chi connectivity index (χ4n) is 4.33. The van der Waals surface area contributed by atoms with Crippen LogP contribution in [0.3, 0.4) is 0 Å². The van der Waals surface area contributed by atoms with Gasteiger partial charge in [0.2, 0.25) is 11.5 Å². The fraction of sp³-hybridized carbons (Fsp3) is 0.276. The SMILES string of the molecule is CC(C)(O/N=C(\C(=O)N[C@H]1C(=O)N(S(=O)(=O)O)[C@H]1COC(N)=O)c1csc(NC(=O)CCl)n1)C(=O)OC(c1ccccc1)c1ccccc1. The molecule has 0 unspecified atom stereocenters. The number of β-lactam (4-membered cyclic amide) rings is 1. The van der Waals surface area contributed by atoms with Crippen molar-refractivity contribution in [2.75, 3.05) is 17.8 Å². The lowest BCUT2D eigenvalue weighted by molar-refractivity contribution is -0.172. The predicted molar refractivity (Wildman–Crippen MR) is 174 cm³/mol. The number of aromatic nitrogens is 1. The van der Waals surface area contributed by atoms with E-state index in [4.69, 9.17) is 26.9 Å². The second-order valence-corrected chi connectivity index (χ2v) is 13.0. The molecule has 1 aromatic heterocycles. The number of nitrogens with two attached hydrogens (primary N) is 1. The number of ether oxygens (including phenoxy) is 2. The highest BCUT2D eigenvalue weighted by Gasteiger charge is 2.55. The summed E-state index contributed by atoms with van der Waals surface area (Å²) in [5.74, 6) is -4.35. The average Bonchev–Trinajstić information content (AvgIpc) is 3.51. The highest BCUT2D eigenvalue weighted by atomic mass is 35.5. The number of esters is 1. The molecule has 1 fully saturated rings. The second kappa shape index (κ2) is 15.4. The number of hydrogen-bond donors (Lipinski definition) is 4. The maximum absolute atomic E-state index is 13.6. The molecule has 0 bridgehead atoms. The van der Waals surface area contributed by atoms with Gasteiger partial charge in [-0.3, -0.25) is 18.9 Å². The van der Waals surface area contributed by atoms with Gasteiger partial charge < -0.3 is 30.7 Å². The van der Waals surface area contributed by atoms with Gasteiger partial charge in [0, 0.05) is 5.38 Å². The smallest absolute Gasteiger partial charge is 0.404 e. The van der Waals surface area contributed by atoms with Crippen molar-refractivity contribution in [3.63, 3.8) is 0 Å². The van der Waals surface area contributed by atoms with Gasteiger partial charge in [-0.25, -0.2) is 18.9 Å². The third kappa shape index (κ3) is 9.08. The molecule has 0 radical (unpaired) electrons. The largest absolute Gasteiger partial charge is 0.450 e. The van der Waals surface area contributed by atoms with Crippen molar-refractivity contribution < 1.29 is 51.3 Å². The lowest BCUT2D eigenvalue weighted by atomic mass is 9.99. The summed E-state index contributed by atoms with van der Waals surface area (Å²) in [6.45, 7) is 1.83. The Labute approximate surface area is 288 Å². The lowest BCUT2D eigenvalue weighted by Crippen LogP contribution is -2.73. The summed E-state index contributed by atoms with van der Waals surface area (Å²) in [6, 6.07) is 14.6. The first-order chi connectivity index (χ1) is 23.1. The summed E-state index contributed by atoms with van der Waals surface area (Å²) >= 11 is 6.41. The normalized spacial score (nSPS) is 16.4. The van der Waals surface area contributed by atoms with Gasteiger partial charge in [-0.1, -0.05) is 65.8 Å². The molecule has 4 rings (SSSR count). The van der Waals surface area contributed by atoms with Crippen LogP contribution in [-0.2, 0) is 43.8 Å². The zero-order valence-corrected chi connectivity index (χ0v) is 28.0. The van der Waals surface area contributed by atoms with E-state index in [1.165, 1.54) is 19.2 Å². The number of primary amides is 1. The van der Waals surface area contributed by atoms with Crippen LogP contribution in [-0.4, -0.2) is 87.9 Å². The second-order valence-electron chi connectivity index (χ2n) is 10.6. The number of oxime groups is 1. The summed E-state index contributed by atoms with van der Waals surface area (Å²) in [5.41, 5.74) is 3.60. The Morgan fingerprint density at radius 3 is 2.22 bits per heavy atom. The van der Waals surface area contributed by atoms with Crippen molar-refractivity contribution in [2.24, 2.45) is 10.9 Å². The number of hydrogen-bond acceptors (Lipinski definition) is 13. The van der Waals surface area contributed by atoms with Crippen molar-refractivity contribution >= 4 is 73.9 Å². The molecule has 1 aliphatic rings. The van der Waals surface area contributed by atoms with Crippen molar-refractivity contribution in [2.45, 2.75) is 37.6 Å². The van der Waals surface area contributed by atoms with Gasteiger partial charge >= 0.3 is 22.4 Å². The van der Waals surface area contributed by atoms with Gasteiger partial charge in [-0.15, -0.1) is 22.9 Å². The molecule has 49 heavy (non-hydrogen) atoms. The quantitative estimate of drug-likeness (QED) is 0.0462. The van der Waals surface area contributed by atoms with E-state index in [1.807, 2.05) is 0 Å². The number of amides is 4. The Morgan fingerprint density at radius 1 is 1.10 bits per heavy atom. The highest BCUT2D eigenvalue weighted by Crippen LogP contribution is 2.29. The van der Waals surface area contributed by atoms with Gasteiger partial charge in [-0.2, -0.15) is 8.42 Å². The molecule has 4 amide bonds. The number of halogens is 1. The Bertz CT molecular complexity index is 1820. The molecule has 17 nitrogen and oxygen atoms in total. The van der Waals surface area contributed by atoms with Crippen LogP contribution in [0.4, 0.5) is 9.93 Å². The number of alkyl halides is 1. The molecule has 1 aliphatic heterocycles. The molecule has 260 valence electrons. The number of carbonyl (C=O) groups excluding carboxylic acids is 5. The Balaban J connectivity index is 1.62. The van der Waals surface area contributed by atoms with E-state index in [1.54, 1.807) is 60.7 Å². The van der Waals surface area contributed by atoms with Gasteiger partial charge in [0.1, 0.15) is 30.3 Å². The predicted octanol–water partition coefficient (Wildman–Crippen LogP) is 1.75. The van der Waals surface area contributed by atoms with Crippen LogP contribution in [0.5, 0.6) is 0 Å². The van der Waals surface area contributed by atoms with Crippen LogP contribution in [0.15, 0.2) is 71.2 Å². The standard InChI is InChI=1S/C29H29ClN6O11S2/c1-29(2,26(40)46-23(16-9-5-3-6-10-16)17-11-7-4-8-12-17)47-35-21(18-15-48-28(32-18)33-20(37)13-30)24(38)34-22-19(14-45-27(31)41)36(25(22)39)49(42,43)44/h3-12,15,19,22-23H,13-14H2,1-2H3,(H2,31,41)(H,34,38)(H,32,33,37)(H,42,43,44)/b35-21-/t19-,22+/m0/s1. The van der Waals surface area contributed by atoms with E-state index >= 15 is 0 Å². The molecule has 1 saturated heterocycles. The molecule has 2 heterocycles. The number of nitrogens with one attached hydrogen (secondary N) is 2. The lowest BCUT2D eigenvalue weighted by Gasteiger charge is -2.43. The third-order valence-electron chi connectivity index (χ3n) is 6.72. The molecule has 5 N–H and O–H groups in total. The molecule has 0 saturated carbocycles. The van der Waals surface area contributed by atoms with Gasteiger partial charge in [0.15, 0.2) is 16.9 Å². The number of thiazole rings is 1. The maximum atomic E-state index is 13.6. The average molecular weight is 737 g/mol. The van der Waals surface area contributed by atoms with Crippen molar-refractivity contribution in [1.29, 1.82) is 0 Å². The summed E-state index contributed by atoms with van der Waals surface area (Å²) in [4.78, 5) is 72.3. The Kier molecular flexibility index (Phi) is 11.5. The molecular weight excluding hydrogens is 708 g/mol. The minimum absolute atomic E-state index is 0.00149. The summed E-state index contributed by atoms with van der Waals surface area (Å²) < 4.78 is 43.4. The number of benzene rings is 2. The molecule has 0 spiro atoms. The third-order valence-corrected chi connectivity index (χ3v) is 8.66. The number of carbonyl (C=O) groups is 5. The minimum atomic E-state index is -5.12. The van der Waals surface area contributed by atoms with Crippen LogP contribution in [0.25, 0.3) is 0 Å². The molecule has 20 heteroatoms. The number of anilines is 1. The number of rotatable bonds is 14. The molecular formula is C29H29ClN6O11S2. The highest BCUT2D eigenvalue weighted by molar-refractivity contribution is 7.84. The van der Waals surface area contributed by atoms with E-state index in [9.17, 15) is 36.9 Å². The van der Waals surface area contributed by atoms with Crippen molar-refractivity contribution in [1.82, 2.24) is 14.6 Å². The Morgan fingerprint density at radius 2 is 1.69 bits per heavy atom. The molecule has 0 aliphatic carbocycles. The monoisotopic (exact) mass is 736 g/mol. The van der Waals surface area contributed by atoms with E-state index in [0.717, 1.165) is 11.3 Å².